The van der Waals surface area contributed by atoms with Crippen LogP contribution < -0.4 is 9.47 Å². The fourth-order valence-corrected chi connectivity index (χ4v) is 3.83. The van der Waals surface area contributed by atoms with Crippen LogP contribution in [0.1, 0.15) is 13.8 Å². The smallest absolute Gasteiger partial charge is 0.119 e. The maximum atomic E-state index is 5.79. The van der Waals surface area contributed by atoms with Crippen LogP contribution in [0.15, 0.2) is 48.5 Å². The molecule has 4 atom stereocenters. The minimum absolute atomic E-state index is 0.0573. The molecule has 2 aromatic carbocycles. The lowest BCUT2D eigenvalue weighted by Crippen LogP contribution is -2.20. The van der Waals surface area contributed by atoms with Crippen LogP contribution in [-0.4, -0.2) is 117 Å². The van der Waals surface area contributed by atoms with Crippen LogP contribution in [0, 0.1) is 0 Å². The Morgan fingerprint density at radius 3 is 1.29 bits per heavy atom. The quantitative estimate of drug-likeness (QED) is 0.126. The van der Waals surface area contributed by atoms with E-state index in [4.69, 9.17) is 47.4 Å². The van der Waals surface area contributed by atoms with Crippen molar-refractivity contribution in [1.82, 2.24) is 0 Å². The number of rotatable bonds is 25. The van der Waals surface area contributed by atoms with Crippen LogP contribution in [0.25, 0.3) is 11.1 Å². The van der Waals surface area contributed by atoms with Gasteiger partial charge in [0.1, 0.15) is 36.9 Å². The van der Waals surface area contributed by atoms with Crippen LogP contribution in [0.2, 0.25) is 0 Å². The van der Waals surface area contributed by atoms with Gasteiger partial charge >= 0.3 is 0 Å². The minimum atomic E-state index is 0.0573. The Morgan fingerprint density at radius 2 is 0.905 bits per heavy atom. The van der Waals surface area contributed by atoms with Crippen molar-refractivity contribution in [1.29, 1.82) is 0 Å². The van der Waals surface area contributed by atoms with Gasteiger partial charge in [0.25, 0.3) is 0 Å². The zero-order chi connectivity index (χ0) is 29.2. The molecular formula is C32H46O10. The van der Waals surface area contributed by atoms with Crippen LogP contribution in [-0.2, 0) is 37.9 Å². The second kappa shape index (κ2) is 19.1. The summed E-state index contributed by atoms with van der Waals surface area (Å²) in [6.07, 6.45) is 0.672. The second-order valence-electron chi connectivity index (χ2n) is 10.3. The summed E-state index contributed by atoms with van der Waals surface area (Å²) >= 11 is 0. The van der Waals surface area contributed by atoms with Crippen molar-refractivity contribution in [3.05, 3.63) is 48.5 Å². The van der Waals surface area contributed by atoms with E-state index < -0.39 is 0 Å². The van der Waals surface area contributed by atoms with Crippen LogP contribution in [0.4, 0.5) is 0 Å². The first-order valence-electron chi connectivity index (χ1n) is 14.9. The number of benzene rings is 2. The number of epoxide rings is 2. The molecule has 0 N–H and O–H groups in total. The molecule has 0 spiro atoms. The third kappa shape index (κ3) is 14.3. The third-order valence-electron chi connectivity index (χ3n) is 6.42. The van der Waals surface area contributed by atoms with Crippen molar-refractivity contribution >= 4 is 0 Å². The van der Waals surface area contributed by atoms with E-state index in [9.17, 15) is 0 Å². The van der Waals surface area contributed by atoms with Gasteiger partial charge in [0, 0.05) is 0 Å². The van der Waals surface area contributed by atoms with Crippen molar-refractivity contribution in [3.8, 4) is 22.6 Å². The lowest BCUT2D eigenvalue weighted by molar-refractivity contribution is -0.0286. The summed E-state index contributed by atoms with van der Waals surface area (Å²) < 4.78 is 55.4. The zero-order valence-electron chi connectivity index (χ0n) is 24.9. The monoisotopic (exact) mass is 590 g/mol. The first-order chi connectivity index (χ1) is 20.7. The van der Waals surface area contributed by atoms with Crippen molar-refractivity contribution in [2.24, 2.45) is 0 Å². The highest BCUT2D eigenvalue weighted by Crippen LogP contribution is 2.24. The van der Waals surface area contributed by atoms with E-state index in [2.05, 4.69) is 0 Å². The van der Waals surface area contributed by atoms with Gasteiger partial charge in [-0.15, -0.1) is 0 Å². The first-order valence-corrected chi connectivity index (χ1v) is 14.9. The van der Waals surface area contributed by atoms with Gasteiger partial charge in [0.2, 0.25) is 0 Å². The van der Waals surface area contributed by atoms with E-state index in [1.165, 1.54) is 0 Å². The molecule has 42 heavy (non-hydrogen) atoms. The van der Waals surface area contributed by atoms with E-state index >= 15 is 0 Å². The highest BCUT2D eigenvalue weighted by atomic mass is 16.6. The Morgan fingerprint density at radius 1 is 0.548 bits per heavy atom. The molecule has 2 aliphatic rings. The largest absolute Gasteiger partial charge is 0.491 e. The molecule has 0 bridgehead atoms. The van der Waals surface area contributed by atoms with Gasteiger partial charge in [-0.1, -0.05) is 24.3 Å². The number of hydrogen-bond donors (Lipinski definition) is 0. The van der Waals surface area contributed by atoms with Crippen LogP contribution in [0.5, 0.6) is 11.5 Å². The van der Waals surface area contributed by atoms with Gasteiger partial charge in [-0.05, 0) is 49.2 Å². The summed E-state index contributed by atoms with van der Waals surface area (Å²) in [5.74, 6) is 1.61. The normalized spacial score (nSPS) is 18.9. The topological polar surface area (TPSA) is 98.9 Å². The molecule has 0 radical (unpaired) electrons. The number of ether oxygens (including phenoxy) is 10. The summed E-state index contributed by atoms with van der Waals surface area (Å²) in [5.41, 5.74) is 2.21. The molecule has 2 aliphatic heterocycles. The number of hydrogen-bond acceptors (Lipinski definition) is 10. The van der Waals surface area contributed by atoms with Gasteiger partial charge in [0.15, 0.2) is 0 Å². The zero-order valence-corrected chi connectivity index (χ0v) is 24.9. The highest BCUT2D eigenvalue weighted by molar-refractivity contribution is 5.64. The molecule has 2 aromatic rings. The van der Waals surface area contributed by atoms with Gasteiger partial charge in [-0.3, -0.25) is 0 Å². The molecule has 2 fully saturated rings. The average molecular weight is 591 g/mol. The molecule has 2 heterocycles. The lowest BCUT2D eigenvalue weighted by atomic mass is 10.1. The Hall–Kier alpha value is -2.28. The maximum absolute atomic E-state index is 5.79. The van der Waals surface area contributed by atoms with Crippen molar-refractivity contribution in [3.63, 3.8) is 0 Å². The molecular weight excluding hydrogens is 544 g/mol. The molecule has 4 rings (SSSR count). The minimum Gasteiger partial charge on any atom is -0.491 e. The summed E-state index contributed by atoms with van der Waals surface area (Å²) in [4.78, 5) is 0. The highest BCUT2D eigenvalue weighted by Gasteiger charge is 2.24. The van der Waals surface area contributed by atoms with E-state index in [-0.39, 0.29) is 24.4 Å². The van der Waals surface area contributed by atoms with Crippen LogP contribution >= 0.6 is 0 Å². The molecule has 0 saturated carbocycles. The molecule has 234 valence electrons. The molecule has 10 nitrogen and oxygen atoms in total. The standard InChI is InChI=1S/C32H46O10/c1-25(39-21-31-23-41-31)19-35-13-11-33-15-17-37-29-7-3-27(4-8-29)28-5-9-30(10-6-28)38-18-16-34-12-14-36-20-26(2)40-22-32-24-42-32/h3-10,25-26,31-32H,11-24H2,1-2H3. The summed E-state index contributed by atoms with van der Waals surface area (Å²) in [6.45, 7) is 12.1. The molecule has 0 aromatic heterocycles. The SMILES string of the molecule is CC(COCCOCCOc1ccc(-c2ccc(OCCOCCOCC(C)OCC3CO3)cc2)cc1)OCC1CO1. The van der Waals surface area contributed by atoms with Gasteiger partial charge in [0.05, 0.1) is 91.5 Å². The molecule has 2 saturated heterocycles. The molecule has 4 unspecified atom stereocenters. The van der Waals surface area contributed by atoms with Gasteiger partial charge in [-0.25, -0.2) is 0 Å². The second-order valence-corrected chi connectivity index (χ2v) is 10.3. The Balaban J connectivity index is 0.975. The van der Waals surface area contributed by atoms with E-state index in [1.807, 2.05) is 62.4 Å². The van der Waals surface area contributed by atoms with Crippen molar-refractivity contribution < 1.29 is 47.4 Å². The Kier molecular flexibility index (Phi) is 14.8. The lowest BCUT2D eigenvalue weighted by Gasteiger charge is -2.13. The van der Waals surface area contributed by atoms with Gasteiger partial charge < -0.3 is 47.4 Å². The predicted octanol–water partition coefficient (Wildman–Crippen LogP) is 3.79. The summed E-state index contributed by atoms with van der Waals surface area (Å²) in [6, 6.07) is 16.0. The fraction of sp³-hybridized carbons (Fsp3) is 0.625. The molecule has 0 amide bonds. The Labute approximate surface area is 249 Å². The van der Waals surface area contributed by atoms with E-state index in [0.717, 1.165) is 35.8 Å². The van der Waals surface area contributed by atoms with Gasteiger partial charge in [-0.2, -0.15) is 0 Å². The fourth-order valence-electron chi connectivity index (χ4n) is 3.83. The third-order valence-corrected chi connectivity index (χ3v) is 6.42. The van der Waals surface area contributed by atoms with Crippen LogP contribution in [0.3, 0.4) is 0 Å². The molecule has 10 heteroatoms. The van der Waals surface area contributed by atoms with E-state index in [0.29, 0.717) is 79.3 Å². The average Bonchev–Trinajstić information content (AvgIpc) is 3.94. The Bertz CT molecular complexity index is 883. The summed E-state index contributed by atoms with van der Waals surface area (Å²) in [5, 5.41) is 0. The molecule has 0 aliphatic carbocycles. The van der Waals surface area contributed by atoms with Crippen molar-refractivity contribution in [2.75, 3.05) is 92.5 Å². The van der Waals surface area contributed by atoms with Crippen molar-refractivity contribution in [2.45, 2.75) is 38.3 Å². The van der Waals surface area contributed by atoms with E-state index in [1.54, 1.807) is 0 Å². The predicted molar refractivity (Wildman–Crippen MR) is 156 cm³/mol. The maximum Gasteiger partial charge on any atom is 0.119 e. The first kappa shape index (κ1) is 32.6. The summed E-state index contributed by atoms with van der Waals surface area (Å²) in [7, 11) is 0.